The van der Waals surface area contributed by atoms with Crippen molar-refractivity contribution in [2.75, 3.05) is 0 Å². The van der Waals surface area contributed by atoms with E-state index in [4.69, 9.17) is 23.2 Å². The highest BCUT2D eigenvalue weighted by Gasteiger charge is 2.12. The summed E-state index contributed by atoms with van der Waals surface area (Å²) in [4.78, 5) is 13.3. The average molecular weight is 335 g/mol. The molecule has 0 atom stereocenters. The van der Waals surface area contributed by atoms with Crippen LogP contribution in [-0.2, 0) is 0 Å². The average Bonchev–Trinajstić information content (AvgIpc) is 2.57. The van der Waals surface area contributed by atoms with E-state index in [9.17, 15) is 0 Å². The number of nitrogens with zero attached hydrogens (tertiary/aromatic N) is 3. The predicted molar refractivity (Wildman–Crippen MR) is 70.4 cm³/mol. The predicted octanol–water partition coefficient (Wildman–Crippen LogP) is 4.31. The summed E-state index contributed by atoms with van der Waals surface area (Å²) in [7, 11) is 0. The third-order valence-corrected chi connectivity index (χ3v) is 4.17. The smallest absolute Gasteiger partial charge is 0.224 e. The first-order valence-corrected chi connectivity index (χ1v) is 6.58. The van der Waals surface area contributed by atoms with Gasteiger partial charge >= 0.3 is 0 Å². The van der Waals surface area contributed by atoms with E-state index in [1.165, 1.54) is 11.3 Å². The standard InChI is InChI=1S/C9H2BrCl2N3S/c10-3-1-4-5-6(16-8(4)13-2-3)7(11)15-9(12)14-5/h1-2H. The van der Waals surface area contributed by atoms with Crippen molar-refractivity contribution in [1.82, 2.24) is 15.0 Å². The molecule has 0 aliphatic carbocycles. The lowest BCUT2D eigenvalue weighted by molar-refractivity contribution is 1.23. The van der Waals surface area contributed by atoms with Crippen LogP contribution in [-0.4, -0.2) is 15.0 Å². The molecule has 3 aromatic rings. The summed E-state index contributed by atoms with van der Waals surface area (Å²) < 4.78 is 1.71. The molecule has 0 fully saturated rings. The van der Waals surface area contributed by atoms with Gasteiger partial charge in [-0.3, -0.25) is 0 Å². The fraction of sp³-hybridized carbons (Fsp3) is 0. The van der Waals surface area contributed by atoms with Crippen molar-refractivity contribution in [3.8, 4) is 0 Å². The van der Waals surface area contributed by atoms with Gasteiger partial charge in [-0.2, -0.15) is 0 Å². The molecular weight excluding hydrogens is 333 g/mol. The van der Waals surface area contributed by atoms with Crippen LogP contribution in [0.4, 0.5) is 0 Å². The van der Waals surface area contributed by atoms with Crippen molar-refractivity contribution >= 4 is 70.9 Å². The zero-order valence-corrected chi connectivity index (χ0v) is 11.5. The Balaban J connectivity index is 2.57. The Hall–Kier alpha value is -0.490. The summed E-state index contributed by atoms with van der Waals surface area (Å²) in [6.07, 6.45) is 1.74. The molecule has 0 bridgehead atoms. The molecule has 80 valence electrons. The Bertz CT molecular complexity index is 713. The maximum atomic E-state index is 6.01. The molecule has 7 heteroatoms. The number of thiophene rings is 1. The zero-order chi connectivity index (χ0) is 11.3. The monoisotopic (exact) mass is 333 g/mol. The van der Waals surface area contributed by atoms with Gasteiger partial charge in [0.1, 0.15) is 4.83 Å². The first-order chi connectivity index (χ1) is 7.65. The van der Waals surface area contributed by atoms with Gasteiger partial charge in [0.15, 0.2) is 5.15 Å². The maximum Gasteiger partial charge on any atom is 0.224 e. The Kier molecular flexibility index (Phi) is 2.51. The Morgan fingerprint density at radius 3 is 2.88 bits per heavy atom. The van der Waals surface area contributed by atoms with Crippen molar-refractivity contribution in [3.63, 3.8) is 0 Å². The molecule has 0 aliphatic rings. The van der Waals surface area contributed by atoms with Crippen molar-refractivity contribution in [2.24, 2.45) is 0 Å². The highest BCUT2D eigenvalue weighted by Crippen LogP contribution is 2.36. The molecule has 0 spiro atoms. The minimum Gasteiger partial charge on any atom is -0.244 e. The molecule has 0 radical (unpaired) electrons. The van der Waals surface area contributed by atoms with Gasteiger partial charge in [0, 0.05) is 16.1 Å². The lowest BCUT2D eigenvalue weighted by Crippen LogP contribution is -1.83. The number of fused-ring (bicyclic) bond motifs is 3. The van der Waals surface area contributed by atoms with Gasteiger partial charge in [-0.05, 0) is 33.6 Å². The number of hydrogen-bond donors (Lipinski definition) is 0. The van der Waals surface area contributed by atoms with Gasteiger partial charge in [0.2, 0.25) is 5.28 Å². The molecule has 3 aromatic heterocycles. The van der Waals surface area contributed by atoms with E-state index < -0.39 is 0 Å². The van der Waals surface area contributed by atoms with Gasteiger partial charge in [-0.25, -0.2) is 15.0 Å². The lowest BCUT2D eigenvalue weighted by Gasteiger charge is -1.94. The summed E-state index contributed by atoms with van der Waals surface area (Å²) in [5.41, 5.74) is 0.749. The number of halogens is 3. The normalized spacial score (nSPS) is 11.4. The second kappa shape index (κ2) is 3.77. The summed E-state index contributed by atoms with van der Waals surface area (Å²) in [5.74, 6) is 0. The van der Waals surface area contributed by atoms with E-state index in [-0.39, 0.29) is 5.28 Å². The molecule has 0 aromatic carbocycles. The van der Waals surface area contributed by atoms with E-state index in [1.54, 1.807) is 6.20 Å². The van der Waals surface area contributed by atoms with E-state index >= 15 is 0 Å². The van der Waals surface area contributed by atoms with E-state index in [0.717, 1.165) is 24.9 Å². The van der Waals surface area contributed by atoms with Gasteiger partial charge in [-0.1, -0.05) is 11.6 Å². The largest absolute Gasteiger partial charge is 0.244 e. The Labute approximate surface area is 113 Å². The summed E-state index contributed by atoms with van der Waals surface area (Å²) in [5, 5.41) is 1.45. The molecule has 16 heavy (non-hydrogen) atoms. The van der Waals surface area contributed by atoms with Crippen LogP contribution in [0.25, 0.3) is 20.4 Å². The Morgan fingerprint density at radius 1 is 1.25 bits per heavy atom. The second-order valence-electron chi connectivity index (χ2n) is 3.07. The van der Waals surface area contributed by atoms with Gasteiger partial charge in [0.05, 0.1) is 10.2 Å². The molecule has 0 saturated carbocycles. The summed E-state index contributed by atoms with van der Waals surface area (Å²) >= 11 is 16.6. The third-order valence-electron chi connectivity index (χ3n) is 2.07. The van der Waals surface area contributed by atoms with Crippen LogP contribution >= 0.6 is 50.5 Å². The number of pyridine rings is 1. The molecule has 3 rings (SSSR count). The molecule has 3 nitrogen and oxygen atoms in total. The van der Waals surface area contributed by atoms with Gasteiger partial charge < -0.3 is 0 Å². The molecule has 0 saturated heterocycles. The lowest BCUT2D eigenvalue weighted by atomic mass is 10.3. The third kappa shape index (κ3) is 1.59. The van der Waals surface area contributed by atoms with Crippen LogP contribution in [0.3, 0.4) is 0 Å². The van der Waals surface area contributed by atoms with Crippen molar-refractivity contribution in [3.05, 3.63) is 27.2 Å². The zero-order valence-electron chi connectivity index (χ0n) is 7.54. The van der Waals surface area contributed by atoms with Crippen LogP contribution in [0, 0.1) is 0 Å². The quantitative estimate of drug-likeness (QED) is 0.454. The van der Waals surface area contributed by atoms with Gasteiger partial charge in [0.25, 0.3) is 0 Å². The molecule has 0 N–H and O–H groups in total. The topological polar surface area (TPSA) is 38.7 Å². The molecular formula is C9H2BrCl2N3S. The van der Waals surface area contributed by atoms with Crippen molar-refractivity contribution in [2.45, 2.75) is 0 Å². The summed E-state index contributed by atoms with van der Waals surface area (Å²) in [6.45, 7) is 0. The molecule has 0 amide bonds. The second-order valence-corrected chi connectivity index (χ2v) is 5.68. The van der Waals surface area contributed by atoms with Crippen LogP contribution in [0.1, 0.15) is 0 Å². The fourth-order valence-corrected chi connectivity index (χ4v) is 3.22. The van der Waals surface area contributed by atoms with Crippen molar-refractivity contribution < 1.29 is 0 Å². The fourth-order valence-electron chi connectivity index (χ4n) is 1.44. The first kappa shape index (κ1) is 10.7. The number of aromatic nitrogens is 3. The summed E-state index contributed by atoms with van der Waals surface area (Å²) in [6, 6.07) is 1.95. The van der Waals surface area contributed by atoms with Crippen LogP contribution < -0.4 is 0 Å². The minimum atomic E-state index is 0.150. The maximum absolute atomic E-state index is 6.01. The van der Waals surface area contributed by atoms with Crippen LogP contribution in [0.2, 0.25) is 10.4 Å². The Morgan fingerprint density at radius 2 is 2.06 bits per heavy atom. The van der Waals surface area contributed by atoms with Gasteiger partial charge in [-0.15, -0.1) is 11.3 Å². The van der Waals surface area contributed by atoms with Crippen LogP contribution in [0.5, 0.6) is 0 Å². The van der Waals surface area contributed by atoms with E-state index in [2.05, 4.69) is 30.9 Å². The number of hydrogen-bond acceptors (Lipinski definition) is 4. The van der Waals surface area contributed by atoms with Crippen molar-refractivity contribution in [1.29, 1.82) is 0 Å². The minimum absolute atomic E-state index is 0.150. The molecule has 0 aliphatic heterocycles. The molecule has 3 heterocycles. The SMILES string of the molecule is Clc1nc(Cl)c2sc3ncc(Br)cc3c2n1. The van der Waals surface area contributed by atoms with Crippen LogP contribution in [0.15, 0.2) is 16.7 Å². The highest BCUT2D eigenvalue weighted by atomic mass is 79.9. The molecule has 0 unspecified atom stereocenters. The van der Waals surface area contributed by atoms with E-state index in [0.29, 0.717) is 5.15 Å². The van der Waals surface area contributed by atoms with E-state index in [1.807, 2.05) is 6.07 Å². The first-order valence-electron chi connectivity index (χ1n) is 4.22. The number of rotatable bonds is 0. The highest BCUT2D eigenvalue weighted by molar-refractivity contribution is 9.10.